The zero-order chi connectivity index (χ0) is 18.4. The van der Waals surface area contributed by atoms with E-state index in [0.29, 0.717) is 17.2 Å². The molecule has 2 aromatic rings. The number of fused-ring (bicyclic) bond motifs is 1. The van der Waals surface area contributed by atoms with E-state index in [1.807, 2.05) is 18.2 Å². The molecule has 150 valence electrons. The van der Waals surface area contributed by atoms with Gasteiger partial charge in [0.15, 0.2) is 0 Å². The Kier molecular flexibility index (Phi) is 5.32. The molecule has 3 nitrogen and oxygen atoms in total. The van der Waals surface area contributed by atoms with Gasteiger partial charge in [0.2, 0.25) is 0 Å². The third-order valence-electron chi connectivity index (χ3n) is 7.60. The summed E-state index contributed by atoms with van der Waals surface area (Å²) in [5.41, 5.74) is 11.3. The topological polar surface area (TPSA) is 49.5 Å². The Morgan fingerprint density at radius 3 is 2.71 bits per heavy atom. The lowest BCUT2D eigenvalue weighted by atomic mass is 9.52. The number of nitrogen functional groups attached to an aromatic ring is 1. The van der Waals surface area contributed by atoms with Crippen molar-refractivity contribution in [3.8, 4) is 5.75 Å². The number of hydrogen-bond donors (Lipinski definition) is 2. The lowest BCUT2D eigenvalue weighted by Gasteiger charge is -2.59. The number of likely N-dealkylation sites (tertiary alicyclic amines) is 1. The van der Waals surface area contributed by atoms with Crippen molar-refractivity contribution in [1.29, 1.82) is 0 Å². The zero-order valence-corrected chi connectivity index (χ0v) is 17.3. The molecule has 2 fully saturated rings. The first-order valence-corrected chi connectivity index (χ1v) is 10.6. The van der Waals surface area contributed by atoms with Gasteiger partial charge in [0, 0.05) is 23.7 Å². The number of phenolic OH excluding ortho intramolecular Hbond substituents is 1. The van der Waals surface area contributed by atoms with Crippen LogP contribution in [0.4, 0.5) is 5.69 Å². The largest absolute Gasteiger partial charge is 0.508 e. The molecule has 2 bridgehead atoms. The molecule has 0 aromatic heterocycles. The van der Waals surface area contributed by atoms with Gasteiger partial charge in [-0.2, -0.15) is 0 Å². The highest BCUT2D eigenvalue weighted by molar-refractivity contribution is 5.85. The number of benzene rings is 2. The van der Waals surface area contributed by atoms with Gasteiger partial charge >= 0.3 is 0 Å². The minimum absolute atomic E-state index is 0. The molecule has 4 heteroatoms. The minimum atomic E-state index is 0. The number of rotatable bonds is 3. The lowest BCUT2D eigenvalue weighted by molar-refractivity contribution is -0.0106. The highest BCUT2D eigenvalue weighted by Crippen LogP contribution is 2.56. The van der Waals surface area contributed by atoms with Crippen molar-refractivity contribution in [1.82, 2.24) is 4.90 Å². The van der Waals surface area contributed by atoms with Crippen molar-refractivity contribution in [2.24, 2.45) is 5.92 Å². The van der Waals surface area contributed by atoms with Crippen LogP contribution in [0.5, 0.6) is 5.75 Å². The van der Waals surface area contributed by atoms with E-state index in [1.165, 1.54) is 55.3 Å². The minimum Gasteiger partial charge on any atom is -0.508 e. The van der Waals surface area contributed by atoms with Crippen LogP contribution in [0.15, 0.2) is 42.5 Å². The van der Waals surface area contributed by atoms with E-state index in [9.17, 15) is 5.11 Å². The van der Waals surface area contributed by atoms with Gasteiger partial charge in [0.1, 0.15) is 5.75 Å². The molecule has 3 atom stereocenters. The Labute approximate surface area is 174 Å². The van der Waals surface area contributed by atoms with Crippen molar-refractivity contribution in [3.05, 3.63) is 59.2 Å². The van der Waals surface area contributed by atoms with Crippen LogP contribution in [0.3, 0.4) is 0 Å². The van der Waals surface area contributed by atoms with E-state index in [1.54, 1.807) is 0 Å². The molecule has 2 aromatic carbocycles. The summed E-state index contributed by atoms with van der Waals surface area (Å²) in [6, 6.07) is 15.2. The molecule has 1 saturated carbocycles. The van der Waals surface area contributed by atoms with Crippen LogP contribution in [0.25, 0.3) is 0 Å². The van der Waals surface area contributed by atoms with Crippen molar-refractivity contribution in [2.75, 3.05) is 18.8 Å². The second kappa shape index (κ2) is 7.61. The maximum Gasteiger partial charge on any atom is 0.115 e. The second-order valence-corrected chi connectivity index (χ2v) is 8.90. The van der Waals surface area contributed by atoms with E-state index in [0.717, 1.165) is 31.0 Å². The summed E-state index contributed by atoms with van der Waals surface area (Å²) in [4.78, 5) is 2.76. The number of nitrogens with two attached hydrogens (primary N) is 1. The average Bonchev–Trinajstić information content (AvgIpc) is 2.69. The molecular formula is C24H31ClN2O. The Morgan fingerprint density at radius 1 is 1.07 bits per heavy atom. The first-order valence-electron chi connectivity index (χ1n) is 10.6. The molecular weight excluding hydrogens is 368 g/mol. The molecule has 1 saturated heterocycles. The normalized spacial score (nSPS) is 28.7. The maximum absolute atomic E-state index is 10.1. The molecule has 0 radical (unpaired) electrons. The monoisotopic (exact) mass is 398 g/mol. The van der Waals surface area contributed by atoms with E-state index >= 15 is 0 Å². The van der Waals surface area contributed by atoms with Gasteiger partial charge in [-0.3, -0.25) is 4.90 Å². The number of piperidine rings is 1. The molecule has 1 heterocycles. The maximum atomic E-state index is 10.1. The number of aromatic hydroxyl groups is 1. The first-order chi connectivity index (χ1) is 13.2. The molecule has 0 unspecified atom stereocenters. The quantitative estimate of drug-likeness (QED) is 0.737. The van der Waals surface area contributed by atoms with Crippen LogP contribution in [0, 0.1) is 5.92 Å². The van der Waals surface area contributed by atoms with Crippen LogP contribution >= 0.6 is 12.4 Å². The van der Waals surface area contributed by atoms with Gasteiger partial charge in [-0.15, -0.1) is 12.4 Å². The molecule has 5 rings (SSSR count). The Hall–Kier alpha value is -1.71. The van der Waals surface area contributed by atoms with Crippen molar-refractivity contribution in [2.45, 2.75) is 56.4 Å². The summed E-state index contributed by atoms with van der Waals surface area (Å²) < 4.78 is 0. The molecule has 0 spiro atoms. The van der Waals surface area contributed by atoms with Crippen LogP contribution < -0.4 is 5.73 Å². The van der Waals surface area contributed by atoms with Gasteiger partial charge in [-0.05, 0) is 85.5 Å². The smallest absolute Gasteiger partial charge is 0.115 e. The fraction of sp³-hybridized carbons (Fsp3) is 0.500. The van der Waals surface area contributed by atoms with Crippen LogP contribution in [0.2, 0.25) is 0 Å². The predicted molar refractivity (Wildman–Crippen MR) is 117 cm³/mol. The van der Waals surface area contributed by atoms with E-state index in [2.05, 4.69) is 29.2 Å². The summed E-state index contributed by atoms with van der Waals surface area (Å²) in [5, 5.41) is 10.1. The van der Waals surface area contributed by atoms with Crippen LogP contribution in [-0.4, -0.2) is 29.1 Å². The Bertz CT molecular complexity index is 837. The zero-order valence-electron chi connectivity index (χ0n) is 16.4. The molecule has 0 amide bonds. The molecule has 3 N–H and O–H groups in total. The Balaban J connectivity index is 0.00000192. The van der Waals surface area contributed by atoms with Gasteiger partial charge in [0.05, 0.1) is 0 Å². The summed E-state index contributed by atoms with van der Waals surface area (Å²) in [7, 11) is 0. The Morgan fingerprint density at radius 2 is 1.89 bits per heavy atom. The summed E-state index contributed by atoms with van der Waals surface area (Å²) in [5.74, 6) is 1.19. The second-order valence-electron chi connectivity index (χ2n) is 8.90. The van der Waals surface area contributed by atoms with Crippen LogP contribution in [-0.2, 0) is 18.3 Å². The third kappa shape index (κ3) is 3.19. The standard InChI is InChI=1S/C24H30N2O.ClH/c25-19-7-4-17(5-8-19)10-13-26-14-12-24-11-2-1-3-21(24)23(26)15-18-6-9-20(27)16-22(18)24;/h4-9,16,21,23,27H,1-3,10-15,25H2;1H/t21-,23+,24+;/m0./s1. The van der Waals surface area contributed by atoms with E-state index < -0.39 is 0 Å². The van der Waals surface area contributed by atoms with Crippen molar-refractivity contribution in [3.63, 3.8) is 0 Å². The number of halogens is 1. The molecule has 2 aliphatic carbocycles. The molecule has 28 heavy (non-hydrogen) atoms. The number of phenols is 1. The number of anilines is 1. The highest BCUT2D eigenvalue weighted by atomic mass is 35.5. The number of hydrogen-bond acceptors (Lipinski definition) is 3. The molecule has 3 aliphatic rings. The van der Waals surface area contributed by atoms with Gasteiger partial charge in [-0.1, -0.05) is 31.0 Å². The van der Waals surface area contributed by atoms with Crippen molar-refractivity contribution >= 4 is 18.1 Å². The fourth-order valence-electron chi connectivity index (χ4n) is 6.31. The summed E-state index contributed by atoms with van der Waals surface area (Å²) >= 11 is 0. The average molecular weight is 399 g/mol. The van der Waals surface area contributed by atoms with Crippen LogP contribution in [0.1, 0.15) is 48.8 Å². The summed E-state index contributed by atoms with van der Waals surface area (Å²) in [6.45, 7) is 2.32. The summed E-state index contributed by atoms with van der Waals surface area (Å²) in [6.07, 6.45) is 8.83. The number of nitrogens with zero attached hydrogens (tertiary/aromatic N) is 1. The predicted octanol–water partition coefficient (Wildman–Crippen LogP) is 4.70. The van der Waals surface area contributed by atoms with Crippen molar-refractivity contribution < 1.29 is 5.11 Å². The lowest BCUT2D eigenvalue weighted by Crippen LogP contribution is -2.61. The highest BCUT2D eigenvalue weighted by Gasteiger charge is 2.53. The van der Waals surface area contributed by atoms with Gasteiger partial charge in [0.25, 0.3) is 0 Å². The van der Waals surface area contributed by atoms with E-state index in [-0.39, 0.29) is 12.4 Å². The van der Waals surface area contributed by atoms with Gasteiger partial charge in [-0.25, -0.2) is 0 Å². The third-order valence-corrected chi connectivity index (χ3v) is 7.60. The fourth-order valence-corrected chi connectivity index (χ4v) is 6.31. The molecule has 1 aliphatic heterocycles. The first kappa shape index (κ1) is 19.6. The SMILES string of the molecule is Cl.Nc1ccc(CCN2CC[C@]34CCCC[C@H]3[C@H]2Cc2ccc(O)cc24)cc1. The van der Waals surface area contributed by atoms with E-state index in [4.69, 9.17) is 5.73 Å². The van der Waals surface area contributed by atoms with Gasteiger partial charge < -0.3 is 10.8 Å².